The van der Waals surface area contributed by atoms with Gasteiger partial charge in [-0.25, -0.2) is 14.4 Å². The monoisotopic (exact) mass is 1840 g/mol. The second-order valence-corrected chi connectivity index (χ2v) is 45.5. The molecular weight excluding hydrogens is 1720 g/mol. The van der Waals surface area contributed by atoms with Gasteiger partial charge in [0.15, 0.2) is 18.4 Å². The molecule has 0 radical (unpaired) electrons. The number of hydrogen-bond acceptors (Lipinski definition) is 22. The van der Waals surface area contributed by atoms with Gasteiger partial charge in [-0.1, -0.05) is 127 Å². The van der Waals surface area contributed by atoms with Gasteiger partial charge in [-0.3, -0.25) is 0 Å². The van der Waals surface area contributed by atoms with E-state index in [4.69, 9.17) is 85.3 Å². The molecule has 26 heteroatoms. The van der Waals surface area contributed by atoms with Crippen LogP contribution in [0.1, 0.15) is 117 Å². The van der Waals surface area contributed by atoms with E-state index in [9.17, 15) is 19.2 Å². The van der Waals surface area contributed by atoms with E-state index in [1.165, 1.54) is 11.6 Å². The normalized spacial score (nSPS) is 16.7. The molecule has 2 saturated heterocycles. The van der Waals surface area contributed by atoms with Crippen molar-refractivity contribution in [1.29, 1.82) is 0 Å². The number of alkyl halides is 1. The third-order valence-corrected chi connectivity index (χ3v) is 24.4. The summed E-state index contributed by atoms with van der Waals surface area (Å²) in [7, 11) is 6.75. The molecule has 3 unspecified atom stereocenters. The molecule has 118 heavy (non-hydrogen) atoms. The van der Waals surface area contributed by atoms with E-state index in [-0.39, 0.29) is 64.0 Å². The summed E-state index contributed by atoms with van der Waals surface area (Å²) in [4.78, 5) is 52.7. The summed E-state index contributed by atoms with van der Waals surface area (Å²) in [6, 6.07) is 52.4. The van der Waals surface area contributed by atoms with Gasteiger partial charge >= 0.3 is 199 Å². The van der Waals surface area contributed by atoms with E-state index < -0.39 is 64.1 Å². The van der Waals surface area contributed by atoms with Crippen LogP contribution < -0.4 is 32.9 Å². The Morgan fingerprint density at radius 3 is 1.35 bits per heavy atom. The molecule has 0 aliphatic carbocycles. The molecule has 7 aromatic rings. The van der Waals surface area contributed by atoms with E-state index in [0.717, 1.165) is 56.4 Å². The van der Waals surface area contributed by atoms with Crippen LogP contribution in [0.5, 0.6) is 34.5 Å². The van der Waals surface area contributed by atoms with Gasteiger partial charge in [-0.2, -0.15) is 0 Å². The summed E-state index contributed by atoms with van der Waals surface area (Å²) in [5.41, 5.74) is 5.19. The number of carbonyl (C=O) groups is 4. The molecule has 2 heterocycles. The van der Waals surface area contributed by atoms with Gasteiger partial charge < -0.3 is 66.3 Å². The molecule has 2 aliphatic rings. The summed E-state index contributed by atoms with van der Waals surface area (Å²) in [6.07, 6.45) is 10.7. The zero-order chi connectivity index (χ0) is 85.5. The summed E-state index contributed by atoms with van der Waals surface area (Å²) in [5, 5.41) is 0.732. The Morgan fingerprint density at radius 2 is 0.907 bits per heavy atom. The van der Waals surface area contributed by atoms with Crippen LogP contribution >= 0.6 is 22.6 Å². The molecule has 22 nitrogen and oxygen atoms in total. The van der Waals surface area contributed by atoms with E-state index >= 15 is 0 Å². The summed E-state index contributed by atoms with van der Waals surface area (Å²) >= 11 is 2.49. The molecule has 0 aromatic heterocycles. The predicted octanol–water partition coefficient (Wildman–Crippen LogP) is 17.9. The number of rotatable bonds is 44. The fourth-order valence-corrected chi connectivity index (χ4v) is 16.0. The van der Waals surface area contributed by atoms with Crippen molar-refractivity contribution in [3.63, 3.8) is 0 Å². The van der Waals surface area contributed by atoms with Crippen LogP contribution in [0.3, 0.4) is 0 Å². The largest absolute Gasteiger partial charge is 0.497 e. The quantitative estimate of drug-likeness (QED) is 0.00504. The van der Waals surface area contributed by atoms with Gasteiger partial charge in [-0.15, -0.1) is 0 Å². The number of benzene rings is 7. The molecule has 2 fully saturated rings. The van der Waals surface area contributed by atoms with Crippen LogP contribution in [0.2, 0.25) is 51.4 Å². The van der Waals surface area contributed by atoms with Crippen molar-refractivity contribution < 1.29 is 104 Å². The van der Waals surface area contributed by atoms with Gasteiger partial charge in [-0.05, 0) is 143 Å². The predicted molar refractivity (Wildman–Crippen MR) is 472 cm³/mol. The van der Waals surface area contributed by atoms with E-state index in [1.54, 1.807) is 90.1 Å². The molecule has 0 saturated carbocycles. The minimum Gasteiger partial charge on any atom is -0.497 e. The average molecular weight is 1840 g/mol. The Balaban J connectivity index is 0.000000261. The third kappa shape index (κ3) is 34.1. The summed E-state index contributed by atoms with van der Waals surface area (Å²) in [6.45, 7) is 23.6. The molecule has 7 aromatic carbocycles. The molecule has 6 atom stereocenters. The van der Waals surface area contributed by atoms with E-state index in [1.807, 2.05) is 161 Å². The van der Waals surface area contributed by atoms with E-state index in [0.29, 0.717) is 98.4 Å². The first-order valence-electron chi connectivity index (χ1n) is 39.5. The number of halogens is 1. The topological polar surface area (TPSA) is 234 Å². The van der Waals surface area contributed by atoms with Crippen LogP contribution in [0.25, 0.3) is 6.08 Å². The minimum atomic E-state index is -1.45. The van der Waals surface area contributed by atoms with Gasteiger partial charge in [0.25, 0.3) is 0 Å². The Bertz CT molecular complexity index is 4250. The number of ether oxygens (including phenoxy) is 18. The van der Waals surface area contributed by atoms with Gasteiger partial charge in [0, 0.05) is 25.7 Å². The Labute approximate surface area is 719 Å². The maximum Gasteiger partial charge on any atom is 0.338 e. The Hall–Kier alpha value is -8.20. The van der Waals surface area contributed by atoms with Crippen molar-refractivity contribution in [2.24, 2.45) is 0 Å². The Kier molecular flexibility index (Phi) is 41.2. The molecule has 640 valence electrons. The molecule has 9 rings (SSSR count). The maximum absolute atomic E-state index is 13.5. The van der Waals surface area contributed by atoms with Crippen molar-refractivity contribution in [2.45, 2.75) is 171 Å². The SMILES string of the molecule is COCOc1cc(OC)cc(/C=C/C[C@@H]2OC(C)(C)OC2C(/C=C\CCOCc2ccc(OC)cc2)OC(=O)c2ccccc2)c1C(=O)OCC[Si](C)(C)C.COCOc1cc(OC)cc(C[Se]c2ccccc2)c1C(=O)OCC[Si](C)(C)C.COc1ccc(COCC/C=C\C(OC(=O)c2ccccc2)[C@H]2OC(C)(C)O[C@H]2CCI)cc1. The van der Waals surface area contributed by atoms with Crippen LogP contribution in [0, 0.1) is 0 Å². The zero-order valence-corrected chi connectivity index (χ0v) is 77.0. The first-order chi connectivity index (χ1) is 56.6. The molecule has 0 bridgehead atoms. The Morgan fingerprint density at radius 1 is 0.483 bits per heavy atom. The second kappa shape index (κ2) is 50.1. The zero-order valence-electron chi connectivity index (χ0n) is 71.1. The molecular formula is C92H119IO22SeSi2. The first-order valence-corrected chi connectivity index (χ1v) is 50.5. The number of methoxy groups -OCH3 is 6. The van der Waals surface area contributed by atoms with Crippen molar-refractivity contribution in [2.75, 3.05) is 87.1 Å². The smallest absolute Gasteiger partial charge is 0.338 e. The van der Waals surface area contributed by atoms with Crippen molar-refractivity contribution >= 4 is 88.1 Å². The average Bonchev–Trinajstić information content (AvgIpc) is 1.29. The van der Waals surface area contributed by atoms with Crippen molar-refractivity contribution in [3.8, 4) is 34.5 Å². The summed E-state index contributed by atoms with van der Waals surface area (Å²) < 4.78 is 105. The molecule has 0 amide bonds. The number of hydrogen-bond donors (Lipinski definition) is 0. The van der Waals surface area contributed by atoms with Gasteiger partial charge in [0.2, 0.25) is 0 Å². The molecule has 2 aliphatic heterocycles. The number of esters is 4. The fraction of sp³-hybridized carbons (Fsp3) is 0.435. The van der Waals surface area contributed by atoms with Gasteiger partial charge in [0.05, 0.1) is 77.7 Å². The van der Waals surface area contributed by atoms with Gasteiger partial charge in [0.1, 0.15) is 53.0 Å². The summed E-state index contributed by atoms with van der Waals surface area (Å²) in [5.74, 6) is 0.0660. The first kappa shape index (κ1) is 96.9. The third-order valence-electron chi connectivity index (χ3n) is 18.1. The minimum absolute atomic E-state index is 0.0472. The number of carbonyl (C=O) groups excluding carboxylic acids is 4. The second-order valence-electron chi connectivity index (χ2n) is 30.9. The molecule has 0 N–H and O–H groups in total. The van der Waals surface area contributed by atoms with Crippen LogP contribution in [-0.4, -0.2) is 190 Å². The van der Waals surface area contributed by atoms with Crippen molar-refractivity contribution in [1.82, 2.24) is 0 Å². The fourth-order valence-electron chi connectivity index (χ4n) is 12.1. The van der Waals surface area contributed by atoms with Crippen molar-refractivity contribution in [3.05, 3.63) is 239 Å². The van der Waals surface area contributed by atoms with E-state index in [2.05, 4.69) is 74.0 Å². The van der Waals surface area contributed by atoms with Crippen LogP contribution in [0.4, 0.5) is 0 Å². The molecule has 0 spiro atoms. The van der Waals surface area contributed by atoms with Crippen LogP contribution in [-0.2, 0) is 75.4 Å². The maximum atomic E-state index is 13.5. The standard InChI is InChI=1S/C43H56O11Si.C27H33IO6.C22H30O5SeSi/c1-43(2)53-37(19-14-17-33-27-35(48-5)28-38(51-30-46-3)39(33)42(45)50-25-26-55(6,7)8)40(54-43)36(52-41(44)32-15-10-9-11-16-32)18-12-13-24-49-29-31-20-22-34(47-4)23-21-31;1-27(2)33-24(16-17-28)25(34-27)23(32-26(29)21-9-5-4-6-10-21)11-7-8-18-31-19-20-12-14-22(30-3)15-13-20;1-24-16-27-20-14-18(25-2)13-17(15-28-19-9-7-6-8-10-19)21(20)22(23)26-11-12-29(3,4)5/h9-12,14-18,20-23,27-28,36-37,40H,13,19,24-26,29-30H2,1-8H3;4-7,9-15,23-25H,8,16-19H2,1-3H3;6-10,13-14H,11-12,15-16H2,1-5H3/b17-14+,18-12-;11-7-;/t36?,37-,40?;23?,24-,25+;/m00./s1. The van der Waals surface area contributed by atoms with Crippen LogP contribution in [0.15, 0.2) is 194 Å².